The van der Waals surface area contributed by atoms with Crippen LogP contribution in [0.25, 0.3) is 16.6 Å². The van der Waals surface area contributed by atoms with Gasteiger partial charge in [-0.05, 0) is 37.6 Å². The molecule has 0 bridgehead atoms. The summed E-state index contributed by atoms with van der Waals surface area (Å²) in [4.78, 5) is 17.9. The highest BCUT2D eigenvalue weighted by atomic mass is 16.5. The first-order valence-electron chi connectivity index (χ1n) is 8.49. The van der Waals surface area contributed by atoms with E-state index in [4.69, 9.17) is 9.72 Å². The Morgan fingerprint density at radius 1 is 1.16 bits per heavy atom. The molecular weight excluding hydrogens is 312 g/mol. The van der Waals surface area contributed by atoms with Crippen molar-refractivity contribution in [2.45, 2.75) is 26.7 Å². The molecule has 4 nitrogen and oxygen atoms in total. The number of para-hydroxylation sites is 2. The van der Waals surface area contributed by atoms with Gasteiger partial charge in [-0.2, -0.15) is 0 Å². The summed E-state index contributed by atoms with van der Waals surface area (Å²) in [5.41, 5.74) is 2.57. The third-order valence-corrected chi connectivity index (χ3v) is 4.18. The average molecular weight is 334 g/mol. The number of ether oxygens (including phenoxy) is 1. The van der Waals surface area contributed by atoms with Gasteiger partial charge in [0, 0.05) is 12.8 Å². The van der Waals surface area contributed by atoms with Crippen molar-refractivity contribution in [3.8, 4) is 5.69 Å². The number of aromatic nitrogens is 2. The second kappa shape index (κ2) is 7.34. The Morgan fingerprint density at radius 3 is 2.64 bits per heavy atom. The molecule has 0 radical (unpaired) electrons. The summed E-state index contributed by atoms with van der Waals surface area (Å²) in [5, 5.41) is 0.623. The number of hydrogen-bond acceptors (Lipinski definition) is 3. The maximum absolute atomic E-state index is 13.1. The zero-order valence-electron chi connectivity index (χ0n) is 14.7. The SMILES string of the molecule is C=C(CCc1nc2ccccc2c(=O)n1-c1ccccc1C)OCC. The molecule has 3 rings (SSSR count). The van der Waals surface area contributed by atoms with Crippen molar-refractivity contribution in [1.29, 1.82) is 0 Å². The van der Waals surface area contributed by atoms with Crippen LogP contribution in [0, 0.1) is 6.92 Å². The normalized spacial score (nSPS) is 10.8. The van der Waals surface area contributed by atoms with Crippen molar-refractivity contribution < 1.29 is 4.74 Å². The lowest BCUT2D eigenvalue weighted by Gasteiger charge is -2.16. The summed E-state index contributed by atoms with van der Waals surface area (Å²) < 4.78 is 7.16. The lowest BCUT2D eigenvalue weighted by molar-refractivity contribution is 0.220. The molecule has 0 aliphatic heterocycles. The van der Waals surface area contributed by atoms with Crippen LogP contribution >= 0.6 is 0 Å². The zero-order chi connectivity index (χ0) is 17.8. The molecule has 0 N–H and O–H groups in total. The number of nitrogens with zero attached hydrogens (tertiary/aromatic N) is 2. The minimum absolute atomic E-state index is 0.0445. The first-order chi connectivity index (χ1) is 12.1. The number of allylic oxidation sites excluding steroid dienone is 1. The molecule has 4 heteroatoms. The van der Waals surface area contributed by atoms with Gasteiger partial charge in [-0.25, -0.2) is 4.98 Å². The second-order valence-corrected chi connectivity index (χ2v) is 5.94. The molecule has 0 aliphatic carbocycles. The van der Waals surface area contributed by atoms with E-state index in [1.807, 2.05) is 62.4 Å². The standard InChI is InChI=1S/C21H22N2O2/c1-4-25-16(3)13-14-20-22-18-11-7-6-10-17(18)21(24)23(20)19-12-8-5-9-15(19)2/h5-12H,3-4,13-14H2,1-2H3. The van der Waals surface area contributed by atoms with Crippen molar-refractivity contribution in [3.05, 3.63) is 82.6 Å². The Hall–Kier alpha value is -2.88. The number of benzene rings is 2. The molecular formula is C21H22N2O2. The molecule has 1 heterocycles. The number of fused-ring (bicyclic) bond motifs is 1. The van der Waals surface area contributed by atoms with Crippen molar-refractivity contribution in [3.63, 3.8) is 0 Å². The van der Waals surface area contributed by atoms with Gasteiger partial charge in [-0.3, -0.25) is 9.36 Å². The van der Waals surface area contributed by atoms with Crippen LogP contribution < -0.4 is 5.56 Å². The fourth-order valence-corrected chi connectivity index (χ4v) is 2.94. The van der Waals surface area contributed by atoms with Crippen molar-refractivity contribution in [1.82, 2.24) is 9.55 Å². The highest BCUT2D eigenvalue weighted by molar-refractivity contribution is 5.77. The second-order valence-electron chi connectivity index (χ2n) is 5.94. The topological polar surface area (TPSA) is 44.1 Å². The molecule has 3 aromatic rings. The average Bonchev–Trinajstić information content (AvgIpc) is 2.61. The van der Waals surface area contributed by atoms with Gasteiger partial charge in [-0.1, -0.05) is 36.9 Å². The Kier molecular flexibility index (Phi) is 4.98. The molecule has 128 valence electrons. The van der Waals surface area contributed by atoms with E-state index in [0.717, 1.165) is 17.1 Å². The minimum atomic E-state index is -0.0445. The Bertz CT molecular complexity index is 973. The van der Waals surface area contributed by atoms with Gasteiger partial charge in [0.15, 0.2) is 0 Å². The van der Waals surface area contributed by atoms with Crippen LogP contribution in [0.1, 0.15) is 24.7 Å². The quantitative estimate of drug-likeness (QED) is 0.635. The molecule has 0 aliphatic rings. The van der Waals surface area contributed by atoms with Crippen LogP contribution in [-0.4, -0.2) is 16.2 Å². The van der Waals surface area contributed by atoms with Crippen LogP contribution in [0.4, 0.5) is 0 Å². The molecule has 0 amide bonds. The molecule has 0 saturated carbocycles. The summed E-state index contributed by atoms with van der Waals surface area (Å²) in [5.74, 6) is 1.43. The molecule has 25 heavy (non-hydrogen) atoms. The van der Waals surface area contributed by atoms with Crippen LogP contribution in [0.5, 0.6) is 0 Å². The Morgan fingerprint density at radius 2 is 1.88 bits per heavy atom. The fraction of sp³-hybridized carbons (Fsp3) is 0.238. The number of hydrogen-bond donors (Lipinski definition) is 0. The van der Waals surface area contributed by atoms with Gasteiger partial charge in [0.25, 0.3) is 5.56 Å². The van der Waals surface area contributed by atoms with E-state index in [2.05, 4.69) is 6.58 Å². The lowest BCUT2D eigenvalue weighted by atomic mass is 10.1. The van der Waals surface area contributed by atoms with Crippen LogP contribution in [0.2, 0.25) is 0 Å². The molecule has 0 fully saturated rings. The van der Waals surface area contributed by atoms with Gasteiger partial charge < -0.3 is 4.74 Å². The monoisotopic (exact) mass is 334 g/mol. The third-order valence-electron chi connectivity index (χ3n) is 4.18. The van der Waals surface area contributed by atoms with Crippen LogP contribution in [0.3, 0.4) is 0 Å². The smallest absolute Gasteiger partial charge is 0.265 e. The molecule has 0 atom stereocenters. The zero-order valence-corrected chi connectivity index (χ0v) is 14.7. The number of rotatable bonds is 6. The van der Waals surface area contributed by atoms with Crippen molar-refractivity contribution in [2.75, 3.05) is 6.61 Å². The first-order valence-corrected chi connectivity index (χ1v) is 8.49. The summed E-state index contributed by atoms with van der Waals surface area (Å²) in [6, 6.07) is 15.3. The molecule has 0 saturated heterocycles. The minimum Gasteiger partial charge on any atom is -0.499 e. The summed E-state index contributed by atoms with van der Waals surface area (Å²) in [6.07, 6.45) is 1.22. The predicted octanol–water partition coefficient (Wildman–Crippen LogP) is 4.18. The molecule has 1 aromatic heterocycles. The summed E-state index contributed by atoms with van der Waals surface area (Å²) in [7, 11) is 0. The highest BCUT2D eigenvalue weighted by Gasteiger charge is 2.14. The fourth-order valence-electron chi connectivity index (χ4n) is 2.94. The van der Waals surface area contributed by atoms with Gasteiger partial charge >= 0.3 is 0 Å². The lowest BCUT2D eigenvalue weighted by Crippen LogP contribution is -2.24. The summed E-state index contributed by atoms with van der Waals surface area (Å²) in [6.45, 7) is 8.45. The van der Waals surface area contributed by atoms with E-state index in [0.29, 0.717) is 36.1 Å². The van der Waals surface area contributed by atoms with Gasteiger partial charge in [0.2, 0.25) is 0 Å². The van der Waals surface area contributed by atoms with Crippen molar-refractivity contribution in [2.24, 2.45) is 0 Å². The van der Waals surface area contributed by atoms with E-state index in [-0.39, 0.29) is 5.56 Å². The van der Waals surface area contributed by atoms with E-state index in [1.165, 1.54) is 0 Å². The van der Waals surface area contributed by atoms with Crippen molar-refractivity contribution >= 4 is 10.9 Å². The Balaban J connectivity index is 2.16. The number of aryl methyl sites for hydroxylation is 2. The molecule has 2 aromatic carbocycles. The third kappa shape index (κ3) is 3.48. The highest BCUT2D eigenvalue weighted by Crippen LogP contribution is 2.18. The van der Waals surface area contributed by atoms with Crippen LogP contribution in [-0.2, 0) is 11.2 Å². The van der Waals surface area contributed by atoms with Gasteiger partial charge in [0.1, 0.15) is 5.82 Å². The predicted molar refractivity (Wildman–Crippen MR) is 101 cm³/mol. The van der Waals surface area contributed by atoms with Gasteiger partial charge in [-0.15, -0.1) is 0 Å². The molecule has 0 unspecified atom stereocenters. The van der Waals surface area contributed by atoms with Gasteiger partial charge in [0.05, 0.1) is 29.0 Å². The van der Waals surface area contributed by atoms with E-state index >= 15 is 0 Å². The maximum atomic E-state index is 13.1. The van der Waals surface area contributed by atoms with Crippen LogP contribution in [0.15, 0.2) is 65.7 Å². The summed E-state index contributed by atoms with van der Waals surface area (Å²) >= 11 is 0. The molecule has 0 spiro atoms. The van der Waals surface area contributed by atoms with E-state index in [1.54, 1.807) is 4.57 Å². The maximum Gasteiger partial charge on any atom is 0.265 e. The van der Waals surface area contributed by atoms with E-state index in [9.17, 15) is 4.79 Å². The van der Waals surface area contributed by atoms with E-state index < -0.39 is 0 Å². The Labute approximate surface area is 147 Å². The largest absolute Gasteiger partial charge is 0.499 e. The first kappa shape index (κ1) is 17.0.